The number of amidine groups is 1. The minimum atomic E-state index is -4.51. The van der Waals surface area contributed by atoms with Crippen molar-refractivity contribution in [1.82, 2.24) is 9.97 Å². The van der Waals surface area contributed by atoms with Crippen LogP contribution in [0.4, 0.5) is 13.2 Å². The summed E-state index contributed by atoms with van der Waals surface area (Å²) in [5.41, 5.74) is 4.55. The Kier molecular flexibility index (Phi) is 4.32. The number of hydrogen-bond acceptors (Lipinski definition) is 5. The van der Waals surface area contributed by atoms with Crippen LogP contribution in [0.5, 0.6) is 0 Å². The Hall–Kier alpha value is -2.29. The van der Waals surface area contributed by atoms with Crippen LogP contribution in [0.25, 0.3) is 0 Å². The van der Waals surface area contributed by atoms with E-state index in [9.17, 15) is 13.2 Å². The van der Waals surface area contributed by atoms with Crippen LogP contribution in [-0.4, -0.2) is 21.0 Å². The van der Waals surface area contributed by atoms with E-state index >= 15 is 0 Å². The molecule has 5 nitrogen and oxygen atoms in total. The van der Waals surface area contributed by atoms with E-state index in [1.165, 1.54) is 18.6 Å². The lowest BCUT2D eigenvalue weighted by atomic mass is 10.1. The predicted molar refractivity (Wildman–Crippen MR) is 70.1 cm³/mol. The molecule has 0 unspecified atom stereocenters. The smallest absolute Gasteiger partial charge is 0.409 e. The minimum absolute atomic E-state index is 0.0177. The third-order valence-electron chi connectivity index (χ3n) is 2.46. The fourth-order valence-corrected chi connectivity index (χ4v) is 2.36. The summed E-state index contributed by atoms with van der Waals surface area (Å²) in [5.74, 6) is -0.405. The number of aromatic nitrogens is 2. The average molecular weight is 314 g/mol. The number of nitrogens with zero attached hydrogens (tertiary/aromatic N) is 3. The molecule has 0 fully saturated rings. The fraction of sp³-hybridized carbons (Fsp3) is 0.0833. The maximum Gasteiger partial charge on any atom is 0.416 e. The normalized spacial score (nSPS) is 12.4. The Morgan fingerprint density at radius 2 is 2.05 bits per heavy atom. The molecular formula is C12H9F3N4OS. The second-order valence-electron chi connectivity index (χ2n) is 3.84. The van der Waals surface area contributed by atoms with Gasteiger partial charge in [0.2, 0.25) is 0 Å². The molecule has 1 aromatic heterocycles. The maximum atomic E-state index is 12.7. The third-order valence-corrected chi connectivity index (χ3v) is 3.49. The Labute approximate surface area is 121 Å². The van der Waals surface area contributed by atoms with Gasteiger partial charge in [0.15, 0.2) is 5.84 Å². The number of halogens is 3. The van der Waals surface area contributed by atoms with Crippen LogP contribution in [0.2, 0.25) is 0 Å². The first kappa shape index (κ1) is 15.1. The summed E-state index contributed by atoms with van der Waals surface area (Å²) in [6.07, 6.45) is -1.69. The molecule has 1 aromatic carbocycles. The summed E-state index contributed by atoms with van der Waals surface area (Å²) in [5, 5.41) is 12.0. The lowest BCUT2D eigenvalue weighted by Crippen LogP contribution is -2.16. The monoisotopic (exact) mass is 314 g/mol. The van der Waals surface area contributed by atoms with Gasteiger partial charge in [-0.1, -0.05) is 16.9 Å². The summed E-state index contributed by atoms with van der Waals surface area (Å²) in [7, 11) is 0. The molecule has 0 spiro atoms. The van der Waals surface area contributed by atoms with Gasteiger partial charge in [0, 0.05) is 16.7 Å². The fourth-order valence-electron chi connectivity index (χ4n) is 1.50. The third kappa shape index (κ3) is 3.63. The van der Waals surface area contributed by atoms with E-state index in [0.717, 1.165) is 23.9 Å². The standard InChI is InChI=1S/C12H9F3N4OS/c13-12(14,15)7-1-2-9(8(5-7)11(16)19-20)21-10-3-4-17-6-18-10/h1-6,20H,(H2,16,19). The van der Waals surface area contributed by atoms with E-state index in [1.54, 1.807) is 6.07 Å². The number of nitrogens with two attached hydrogens (primary N) is 1. The molecule has 3 N–H and O–H groups in total. The molecule has 0 radical (unpaired) electrons. The van der Waals surface area contributed by atoms with E-state index in [1.807, 2.05) is 0 Å². The van der Waals surface area contributed by atoms with Crippen LogP contribution >= 0.6 is 11.8 Å². The predicted octanol–water partition coefficient (Wildman–Crippen LogP) is 2.74. The molecule has 0 aliphatic rings. The van der Waals surface area contributed by atoms with Gasteiger partial charge in [-0.2, -0.15) is 13.2 Å². The zero-order valence-electron chi connectivity index (χ0n) is 10.4. The van der Waals surface area contributed by atoms with E-state index < -0.39 is 17.6 Å². The molecular weight excluding hydrogens is 305 g/mol. The maximum absolute atomic E-state index is 12.7. The van der Waals surface area contributed by atoms with Crippen LogP contribution in [0.1, 0.15) is 11.1 Å². The minimum Gasteiger partial charge on any atom is -0.409 e. The molecule has 1 heterocycles. The molecule has 2 rings (SSSR count). The molecule has 0 atom stereocenters. The second kappa shape index (κ2) is 6.00. The average Bonchev–Trinajstić information content (AvgIpc) is 2.47. The van der Waals surface area contributed by atoms with Crippen LogP contribution in [-0.2, 0) is 6.18 Å². The topological polar surface area (TPSA) is 84.4 Å². The zero-order chi connectivity index (χ0) is 15.5. The van der Waals surface area contributed by atoms with Gasteiger partial charge in [-0.15, -0.1) is 0 Å². The SMILES string of the molecule is NC(=NO)c1cc(C(F)(F)F)ccc1Sc1ccncn1. The summed E-state index contributed by atoms with van der Waals surface area (Å²) >= 11 is 1.09. The van der Waals surface area contributed by atoms with Gasteiger partial charge >= 0.3 is 6.18 Å². The highest BCUT2D eigenvalue weighted by Crippen LogP contribution is 2.35. The van der Waals surface area contributed by atoms with Crippen molar-refractivity contribution in [3.05, 3.63) is 47.9 Å². The highest BCUT2D eigenvalue weighted by atomic mass is 32.2. The number of alkyl halides is 3. The molecule has 0 amide bonds. The van der Waals surface area contributed by atoms with Gasteiger partial charge in [-0.25, -0.2) is 9.97 Å². The van der Waals surface area contributed by atoms with Crippen molar-refractivity contribution in [3.63, 3.8) is 0 Å². The van der Waals surface area contributed by atoms with Crippen molar-refractivity contribution in [2.24, 2.45) is 10.9 Å². The van der Waals surface area contributed by atoms with E-state index in [0.29, 0.717) is 9.92 Å². The van der Waals surface area contributed by atoms with Crippen molar-refractivity contribution < 1.29 is 18.4 Å². The van der Waals surface area contributed by atoms with E-state index in [2.05, 4.69) is 15.1 Å². The van der Waals surface area contributed by atoms with Crippen molar-refractivity contribution in [2.45, 2.75) is 16.1 Å². The first-order chi connectivity index (χ1) is 9.91. The highest BCUT2D eigenvalue weighted by Gasteiger charge is 2.31. The second-order valence-corrected chi connectivity index (χ2v) is 4.91. The van der Waals surface area contributed by atoms with Crippen LogP contribution in [0.3, 0.4) is 0 Å². The van der Waals surface area contributed by atoms with Crippen molar-refractivity contribution in [2.75, 3.05) is 0 Å². The Bertz CT molecular complexity index is 661. The number of rotatable bonds is 3. The number of benzene rings is 1. The summed E-state index contributed by atoms with van der Waals surface area (Å²) < 4.78 is 38.2. The number of hydrogen-bond donors (Lipinski definition) is 2. The lowest BCUT2D eigenvalue weighted by Gasteiger charge is -2.12. The molecule has 0 saturated heterocycles. The largest absolute Gasteiger partial charge is 0.416 e. The van der Waals surface area contributed by atoms with Crippen molar-refractivity contribution >= 4 is 17.6 Å². The van der Waals surface area contributed by atoms with Gasteiger partial charge in [0.05, 0.1) is 5.56 Å². The summed E-state index contributed by atoms with van der Waals surface area (Å²) in [6.45, 7) is 0. The Morgan fingerprint density at radius 3 is 2.62 bits per heavy atom. The molecule has 21 heavy (non-hydrogen) atoms. The Balaban J connectivity index is 2.46. The zero-order valence-corrected chi connectivity index (χ0v) is 11.2. The molecule has 0 saturated carbocycles. The van der Waals surface area contributed by atoms with E-state index in [-0.39, 0.29) is 5.56 Å². The highest BCUT2D eigenvalue weighted by molar-refractivity contribution is 7.99. The first-order valence-corrected chi connectivity index (χ1v) is 6.36. The van der Waals surface area contributed by atoms with Gasteiger partial charge in [0.1, 0.15) is 11.4 Å². The number of oxime groups is 1. The van der Waals surface area contributed by atoms with E-state index in [4.69, 9.17) is 10.9 Å². The van der Waals surface area contributed by atoms with Crippen molar-refractivity contribution in [1.29, 1.82) is 0 Å². The summed E-state index contributed by atoms with van der Waals surface area (Å²) in [6, 6.07) is 4.61. The van der Waals surface area contributed by atoms with Gasteiger partial charge in [0.25, 0.3) is 0 Å². The molecule has 0 aliphatic carbocycles. The van der Waals surface area contributed by atoms with Crippen LogP contribution in [0, 0.1) is 0 Å². The molecule has 2 aromatic rings. The summed E-state index contributed by atoms with van der Waals surface area (Å²) in [4.78, 5) is 8.09. The molecule has 0 aliphatic heterocycles. The van der Waals surface area contributed by atoms with Crippen molar-refractivity contribution in [3.8, 4) is 0 Å². The molecule has 110 valence electrons. The van der Waals surface area contributed by atoms with Gasteiger partial charge < -0.3 is 10.9 Å². The first-order valence-electron chi connectivity index (χ1n) is 5.55. The quantitative estimate of drug-likeness (QED) is 0.299. The van der Waals surface area contributed by atoms with Crippen LogP contribution < -0.4 is 5.73 Å². The van der Waals surface area contributed by atoms with Crippen LogP contribution in [0.15, 0.2) is 51.9 Å². The Morgan fingerprint density at radius 1 is 1.29 bits per heavy atom. The van der Waals surface area contributed by atoms with Gasteiger partial charge in [-0.05, 0) is 24.3 Å². The molecule has 9 heteroatoms. The van der Waals surface area contributed by atoms with Gasteiger partial charge in [-0.3, -0.25) is 0 Å². The lowest BCUT2D eigenvalue weighted by molar-refractivity contribution is -0.137. The molecule has 0 bridgehead atoms.